The molecule has 6 heteroatoms. The van der Waals surface area contributed by atoms with Crippen molar-refractivity contribution in [2.24, 2.45) is 0 Å². The van der Waals surface area contributed by atoms with Gasteiger partial charge in [-0.2, -0.15) is 5.10 Å². The summed E-state index contributed by atoms with van der Waals surface area (Å²) in [5.41, 5.74) is 2.18. The number of hydrogen-bond acceptors (Lipinski definition) is 4. The van der Waals surface area contributed by atoms with Gasteiger partial charge in [0.2, 0.25) is 0 Å². The van der Waals surface area contributed by atoms with Crippen molar-refractivity contribution in [2.45, 2.75) is 70.8 Å². The van der Waals surface area contributed by atoms with Crippen molar-refractivity contribution >= 4 is 5.91 Å². The number of amides is 1. The zero-order valence-electron chi connectivity index (χ0n) is 18.8. The number of carbonyl (C=O) groups is 1. The van der Waals surface area contributed by atoms with Crippen LogP contribution in [0.2, 0.25) is 0 Å². The summed E-state index contributed by atoms with van der Waals surface area (Å²) in [4.78, 5) is 22.2. The molecule has 2 aliphatic rings. The van der Waals surface area contributed by atoms with Crippen LogP contribution in [0.15, 0.2) is 24.3 Å². The molecule has 0 aliphatic carbocycles. The van der Waals surface area contributed by atoms with E-state index in [2.05, 4.69) is 53.0 Å². The summed E-state index contributed by atoms with van der Waals surface area (Å²) in [7, 11) is 0. The average Bonchev–Trinajstić information content (AvgIpc) is 3.19. The van der Waals surface area contributed by atoms with Gasteiger partial charge in [-0.3, -0.25) is 14.8 Å². The molecule has 0 saturated carbocycles. The highest BCUT2D eigenvalue weighted by atomic mass is 16.2. The third kappa shape index (κ3) is 4.59. The number of hydrogen-bond donors (Lipinski definition) is 1. The lowest BCUT2D eigenvalue weighted by molar-refractivity contribution is 0.0568. The Morgan fingerprint density at radius 1 is 1.07 bits per heavy atom. The van der Waals surface area contributed by atoms with Crippen LogP contribution in [-0.4, -0.2) is 63.1 Å². The number of rotatable bonds is 3. The van der Waals surface area contributed by atoms with Gasteiger partial charge in [-0.1, -0.05) is 32.9 Å². The Hall–Kier alpha value is -2.21. The molecule has 30 heavy (non-hydrogen) atoms. The number of nitrogens with zero attached hydrogens (tertiary/aromatic N) is 4. The Balaban J connectivity index is 1.32. The van der Waals surface area contributed by atoms with Crippen LogP contribution in [0.5, 0.6) is 0 Å². The molecule has 1 aromatic heterocycles. The number of piperidine rings is 2. The van der Waals surface area contributed by atoms with E-state index in [0.717, 1.165) is 56.2 Å². The molecule has 0 spiro atoms. The summed E-state index contributed by atoms with van der Waals surface area (Å²) in [5, 5.41) is 7.32. The molecule has 1 aromatic carbocycles. The van der Waals surface area contributed by atoms with Gasteiger partial charge in [0.25, 0.3) is 5.91 Å². The third-order valence-corrected chi connectivity index (χ3v) is 6.72. The van der Waals surface area contributed by atoms with E-state index in [0.29, 0.717) is 12.0 Å². The van der Waals surface area contributed by atoms with Crippen molar-refractivity contribution < 1.29 is 4.79 Å². The molecule has 6 nitrogen and oxygen atoms in total. The van der Waals surface area contributed by atoms with Crippen molar-refractivity contribution in [2.75, 3.05) is 26.2 Å². The van der Waals surface area contributed by atoms with Crippen LogP contribution in [0.4, 0.5) is 0 Å². The maximum atomic E-state index is 13.0. The van der Waals surface area contributed by atoms with Crippen molar-refractivity contribution in [1.29, 1.82) is 0 Å². The number of H-pyrrole nitrogens is 1. The van der Waals surface area contributed by atoms with Crippen molar-refractivity contribution in [1.82, 2.24) is 25.0 Å². The van der Waals surface area contributed by atoms with Gasteiger partial charge in [-0.05, 0) is 62.3 Å². The second kappa shape index (κ2) is 8.50. The molecule has 1 amide bonds. The Morgan fingerprint density at radius 2 is 1.77 bits per heavy atom. The van der Waals surface area contributed by atoms with Crippen molar-refractivity contribution in [3.63, 3.8) is 0 Å². The summed E-state index contributed by atoms with van der Waals surface area (Å²) in [6.45, 7) is 12.4. The lowest BCUT2D eigenvalue weighted by Gasteiger charge is -2.42. The van der Waals surface area contributed by atoms with Crippen LogP contribution in [0.3, 0.4) is 0 Å². The number of likely N-dealkylation sites (tertiary alicyclic amines) is 2. The number of aryl methyl sites for hydroxylation is 1. The molecule has 2 aliphatic heterocycles. The number of nitrogens with one attached hydrogen (secondary N) is 1. The van der Waals surface area contributed by atoms with E-state index < -0.39 is 0 Å². The maximum Gasteiger partial charge on any atom is 0.253 e. The predicted molar refractivity (Wildman–Crippen MR) is 119 cm³/mol. The van der Waals surface area contributed by atoms with Gasteiger partial charge in [-0.25, -0.2) is 4.98 Å². The molecule has 3 heterocycles. The van der Waals surface area contributed by atoms with Gasteiger partial charge in [0.1, 0.15) is 11.6 Å². The van der Waals surface area contributed by atoms with E-state index in [4.69, 9.17) is 0 Å². The fourth-order valence-electron chi connectivity index (χ4n) is 4.84. The van der Waals surface area contributed by atoms with Crippen LogP contribution >= 0.6 is 0 Å². The summed E-state index contributed by atoms with van der Waals surface area (Å²) < 4.78 is 0. The van der Waals surface area contributed by atoms with Gasteiger partial charge in [0.05, 0.1) is 0 Å². The highest BCUT2D eigenvalue weighted by molar-refractivity contribution is 5.94. The molecule has 1 N–H and O–H groups in total. The summed E-state index contributed by atoms with van der Waals surface area (Å²) in [5.74, 6) is 2.47. The third-order valence-electron chi connectivity index (χ3n) is 6.72. The molecule has 0 bridgehead atoms. The molecule has 2 aromatic rings. The van der Waals surface area contributed by atoms with E-state index in [1.165, 1.54) is 18.4 Å². The Kier molecular flexibility index (Phi) is 5.96. The number of aromatic amines is 1. The summed E-state index contributed by atoms with van der Waals surface area (Å²) in [6.07, 6.45) is 4.47. The van der Waals surface area contributed by atoms with Gasteiger partial charge in [0, 0.05) is 37.2 Å². The number of carbonyl (C=O) groups excluding carboxylic acids is 1. The van der Waals surface area contributed by atoms with Crippen LogP contribution in [0, 0.1) is 6.92 Å². The predicted octanol–water partition coefficient (Wildman–Crippen LogP) is 3.89. The average molecular weight is 410 g/mol. The first-order valence-corrected chi connectivity index (χ1v) is 11.3. The SMILES string of the molecule is Cc1n[nH]c(C2CCCN(C3CCN(C(=O)c4ccc(C(C)(C)C)cc4)CC3)C2)n1. The molecule has 4 rings (SSSR count). The molecule has 2 saturated heterocycles. The molecular formula is C24H35N5O. The van der Waals surface area contributed by atoms with E-state index in [9.17, 15) is 4.79 Å². The summed E-state index contributed by atoms with van der Waals surface area (Å²) in [6, 6.07) is 8.73. The Labute approximate surface area is 180 Å². The first-order valence-electron chi connectivity index (χ1n) is 11.3. The standard InChI is InChI=1S/C24H35N5O/c1-17-25-22(27-26-17)19-6-5-13-29(16-19)21-11-14-28(15-12-21)23(30)18-7-9-20(10-8-18)24(2,3)4/h7-10,19,21H,5-6,11-16H2,1-4H3,(H,25,26,27). The maximum absolute atomic E-state index is 13.0. The number of aromatic nitrogens is 3. The quantitative estimate of drug-likeness (QED) is 0.835. The Bertz CT molecular complexity index is 858. The molecule has 1 atom stereocenters. The first-order chi connectivity index (χ1) is 14.3. The van der Waals surface area contributed by atoms with E-state index >= 15 is 0 Å². The van der Waals surface area contributed by atoms with Crippen molar-refractivity contribution in [3.05, 3.63) is 47.0 Å². The molecule has 0 radical (unpaired) electrons. The van der Waals surface area contributed by atoms with E-state index in [-0.39, 0.29) is 11.3 Å². The normalized spacial score (nSPS) is 21.7. The van der Waals surface area contributed by atoms with E-state index in [1.54, 1.807) is 0 Å². The lowest BCUT2D eigenvalue weighted by Crippen LogP contribution is -2.49. The second-order valence-electron chi connectivity index (χ2n) is 9.95. The Morgan fingerprint density at radius 3 is 2.37 bits per heavy atom. The zero-order valence-corrected chi connectivity index (χ0v) is 18.8. The summed E-state index contributed by atoms with van der Waals surface area (Å²) >= 11 is 0. The highest BCUT2D eigenvalue weighted by Gasteiger charge is 2.32. The number of benzene rings is 1. The van der Waals surface area contributed by atoms with E-state index in [1.807, 2.05) is 24.0 Å². The zero-order chi connectivity index (χ0) is 21.3. The van der Waals surface area contributed by atoms with Gasteiger partial charge < -0.3 is 4.90 Å². The van der Waals surface area contributed by atoms with Crippen molar-refractivity contribution in [3.8, 4) is 0 Å². The van der Waals surface area contributed by atoms with Crippen LogP contribution in [0.1, 0.15) is 79.9 Å². The molecule has 162 valence electrons. The largest absolute Gasteiger partial charge is 0.339 e. The fraction of sp³-hybridized carbons (Fsp3) is 0.625. The smallest absolute Gasteiger partial charge is 0.253 e. The molecule has 1 unspecified atom stereocenters. The first kappa shape index (κ1) is 21.0. The second-order valence-corrected chi connectivity index (χ2v) is 9.95. The van der Waals surface area contributed by atoms with Gasteiger partial charge in [0.15, 0.2) is 0 Å². The topological polar surface area (TPSA) is 65.1 Å². The monoisotopic (exact) mass is 409 g/mol. The van der Waals surface area contributed by atoms with Gasteiger partial charge >= 0.3 is 0 Å². The minimum absolute atomic E-state index is 0.108. The van der Waals surface area contributed by atoms with Gasteiger partial charge in [-0.15, -0.1) is 0 Å². The fourth-order valence-corrected chi connectivity index (χ4v) is 4.84. The van der Waals surface area contributed by atoms with Crippen LogP contribution in [-0.2, 0) is 5.41 Å². The molecular weight excluding hydrogens is 374 g/mol. The van der Waals surface area contributed by atoms with Crippen LogP contribution in [0.25, 0.3) is 0 Å². The minimum atomic E-state index is 0.108. The molecule has 2 fully saturated rings. The lowest BCUT2D eigenvalue weighted by atomic mass is 9.86. The van der Waals surface area contributed by atoms with Crippen LogP contribution < -0.4 is 0 Å². The minimum Gasteiger partial charge on any atom is -0.339 e. The highest BCUT2D eigenvalue weighted by Crippen LogP contribution is 2.29.